The van der Waals surface area contributed by atoms with Crippen LogP contribution in [-0.4, -0.2) is 22.8 Å². The summed E-state index contributed by atoms with van der Waals surface area (Å²) in [4.78, 5) is 20.4. The van der Waals surface area contributed by atoms with Crippen LogP contribution in [0.15, 0.2) is 23.0 Å². The Bertz CT molecular complexity index is 1030. The SMILES string of the molecule is Cc1sc2nc(COCC(F)(F)F)[nH]c(=O)c2c1-c1ccc(Cl)cc1Cl. The lowest BCUT2D eigenvalue weighted by Crippen LogP contribution is -2.18. The third-order valence-corrected chi connectivity index (χ3v) is 5.04. The second-order valence-electron chi connectivity index (χ2n) is 5.46. The van der Waals surface area contributed by atoms with Crippen molar-refractivity contribution in [1.82, 2.24) is 9.97 Å². The minimum Gasteiger partial charge on any atom is -0.364 e. The molecule has 0 aliphatic heterocycles. The third-order valence-electron chi connectivity index (χ3n) is 3.49. The fraction of sp³-hybridized carbons (Fsp3) is 0.250. The number of aromatic amines is 1. The number of hydrogen-bond donors (Lipinski definition) is 1. The number of thiophene rings is 1. The average Bonchev–Trinajstić information content (AvgIpc) is 2.82. The van der Waals surface area contributed by atoms with Crippen molar-refractivity contribution in [3.63, 3.8) is 0 Å². The molecule has 0 unspecified atom stereocenters. The van der Waals surface area contributed by atoms with Gasteiger partial charge < -0.3 is 9.72 Å². The van der Waals surface area contributed by atoms with Gasteiger partial charge in [0.15, 0.2) is 0 Å². The molecule has 0 bridgehead atoms. The van der Waals surface area contributed by atoms with Gasteiger partial charge in [0, 0.05) is 26.0 Å². The van der Waals surface area contributed by atoms with Crippen molar-refractivity contribution >= 4 is 44.8 Å². The molecular formula is C16H11Cl2F3N2O2S. The first kappa shape index (κ1) is 19.2. The van der Waals surface area contributed by atoms with Crippen LogP contribution in [0.5, 0.6) is 0 Å². The van der Waals surface area contributed by atoms with E-state index in [0.717, 1.165) is 4.88 Å². The highest BCUT2D eigenvalue weighted by atomic mass is 35.5. The Kier molecular flexibility index (Phi) is 5.30. The first-order chi connectivity index (χ1) is 12.2. The van der Waals surface area contributed by atoms with Gasteiger partial charge in [0.25, 0.3) is 5.56 Å². The summed E-state index contributed by atoms with van der Waals surface area (Å²) >= 11 is 13.4. The summed E-state index contributed by atoms with van der Waals surface area (Å²) in [6, 6.07) is 4.94. The van der Waals surface area contributed by atoms with Gasteiger partial charge in [0.05, 0.1) is 5.39 Å². The number of halogens is 5. The zero-order valence-corrected chi connectivity index (χ0v) is 15.5. The molecule has 0 radical (unpaired) electrons. The van der Waals surface area contributed by atoms with Crippen LogP contribution in [0.4, 0.5) is 13.2 Å². The third kappa shape index (κ3) is 4.03. The summed E-state index contributed by atoms with van der Waals surface area (Å²) in [7, 11) is 0. The van der Waals surface area contributed by atoms with Gasteiger partial charge in [-0.1, -0.05) is 29.3 Å². The van der Waals surface area contributed by atoms with Gasteiger partial charge in [-0.2, -0.15) is 13.2 Å². The van der Waals surface area contributed by atoms with E-state index in [1.54, 1.807) is 18.2 Å². The van der Waals surface area contributed by atoms with Gasteiger partial charge in [-0.3, -0.25) is 4.79 Å². The first-order valence-corrected chi connectivity index (χ1v) is 8.85. The number of benzene rings is 1. The van der Waals surface area contributed by atoms with Crippen LogP contribution in [-0.2, 0) is 11.3 Å². The smallest absolute Gasteiger partial charge is 0.364 e. The van der Waals surface area contributed by atoms with Crippen LogP contribution in [0.3, 0.4) is 0 Å². The molecule has 4 nitrogen and oxygen atoms in total. The molecule has 3 rings (SSSR count). The Balaban J connectivity index is 2.03. The van der Waals surface area contributed by atoms with E-state index in [1.165, 1.54) is 11.3 Å². The number of nitrogens with one attached hydrogen (secondary N) is 1. The number of H-pyrrole nitrogens is 1. The summed E-state index contributed by atoms with van der Waals surface area (Å²) in [5.41, 5.74) is 0.794. The fourth-order valence-electron chi connectivity index (χ4n) is 2.51. The largest absolute Gasteiger partial charge is 0.411 e. The second kappa shape index (κ2) is 7.19. The van der Waals surface area contributed by atoms with Crippen LogP contribution in [0.25, 0.3) is 21.3 Å². The molecular weight excluding hydrogens is 412 g/mol. The second-order valence-corrected chi connectivity index (χ2v) is 7.50. The molecule has 0 aliphatic rings. The van der Waals surface area contributed by atoms with E-state index in [1.807, 2.05) is 6.92 Å². The lowest BCUT2D eigenvalue weighted by molar-refractivity contribution is -0.177. The minimum atomic E-state index is -4.44. The van der Waals surface area contributed by atoms with Crippen molar-refractivity contribution in [3.8, 4) is 11.1 Å². The fourth-order valence-corrected chi connectivity index (χ4v) is 4.07. The molecule has 138 valence electrons. The molecule has 3 aromatic rings. The highest BCUT2D eigenvalue weighted by Crippen LogP contribution is 2.39. The number of aromatic nitrogens is 2. The molecule has 0 aliphatic carbocycles. The molecule has 0 saturated heterocycles. The van der Waals surface area contributed by atoms with Crippen LogP contribution >= 0.6 is 34.5 Å². The lowest BCUT2D eigenvalue weighted by Gasteiger charge is -2.07. The van der Waals surface area contributed by atoms with Crippen molar-refractivity contribution in [3.05, 3.63) is 49.3 Å². The maximum Gasteiger partial charge on any atom is 0.411 e. The Labute approximate surface area is 159 Å². The average molecular weight is 423 g/mol. The van der Waals surface area contributed by atoms with Crippen LogP contribution in [0.2, 0.25) is 10.0 Å². The van der Waals surface area contributed by atoms with Gasteiger partial charge in [0.1, 0.15) is 23.9 Å². The maximum atomic E-state index is 12.5. The standard InChI is InChI=1S/C16H11Cl2F3N2O2S/c1-7-12(9-3-2-8(17)4-10(9)18)13-14(24)22-11(23-15(13)26-7)5-25-6-16(19,20)21/h2-4H,5-6H2,1H3,(H,22,23,24). The Hall–Kier alpha value is -1.61. The van der Waals surface area contributed by atoms with E-state index >= 15 is 0 Å². The Morgan fingerprint density at radius 3 is 2.69 bits per heavy atom. The van der Waals surface area contributed by atoms with Crippen molar-refractivity contribution in [2.75, 3.05) is 6.61 Å². The van der Waals surface area contributed by atoms with Crippen LogP contribution in [0, 0.1) is 6.92 Å². The van der Waals surface area contributed by atoms with Crippen molar-refractivity contribution < 1.29 is 17.9 Å². The van der Waals surface area contributed by atoms with E-state index in [2.05, 4.69) is 14.7 Å². The maximum absolute atomic E-state index is 12.5. The van der Waals surface area contributed by atoms with Crippen LogP contribution < -0.4 is 5.56 Å². The molecule has 0 amide bonds. The molecule has 0 spiro atoms. The zero-order chi connectivity index (χ0) is 19.1. The van der Waals surface area contributed by atoms with Gasteiger partial charge in [-0.15, -0.1) is 11.3 Å². The number of ether oxygens (including phenoxy) is 1. The number of rotatable bonds is 4. The number of aryl methyl sites for hydroxylation is 1. The summed E-state index contributed by atoms with van der Waals surface area (Å²) in [6.07, 6.45) is -4.44. The van der Waals surface area contributed by atoms with E-state index < -0.39 is 24.9 Å². The number of fused-ring (bicyclic) bond motifs is 1. The summed E-state index contributed by atoms with van der Waals surface area (Å²) in [5.74, 6) is 0.0294. The normalized spacial score (nSPS) is 12.1. The van der Waals surface area contributed by atoms with Crippen LogP contribution in [0.1, 0.15) is 10.7 Å². The first-order valence-electron chi connectivity index (χ1n) is 7.28. The van der Waals surface area contributed by atoms with Crippen molar-refractivity contribution in [1.29, 1.82) is 0 Å². The Morgan fingerprint density at radius 1 is 1.31 bits per heavy atom. The van der Waals surface area contributed by atoms with Gasteiger partial charge >= 0.3 is 6.18 Å². The lowest BCUT2D eigenvalue weighted by atomic mass is 10.0. The molecule has 1 N–H and O–H groups in total. The molecule has 26 heavy (non-hydrogen) atoms. The van der Waals surface area contributed by atoms with Gasteiger partial charge in [0.2, 0.25) is 0 Å². The quantitative estimate of drug-likeness (QED) is 0.616. The van der Waals surface area contributed by atoms with E-state index in [9.17, 15) is 18.0 Å². The van der Waals surface area contributed by atoms with E-state index in [-0.39, 0.29) is 5.82 Å². The van der Waals surface area contributed by atoms with Crippen molar-refractivity contribution in [2.24, 2.45) is 0 Å². The number of hydrogen-bond acceptors (Lipinski definition) is 4. The summed E-state index contributed by atoms with van der Waals surface area (Å²) < 4.78 is 41.0. The Morgan fingerprint density at radius 2 is 2.04 bits per heavy atom. The molecule has 2 heterocycles. The molecule has 1 aromatic carbocycles. The molecule has 10 heteroatoms. The number of nitrogens with zero attached hydrogens (tertiary/aromatic N) is 1. The highest BCUT2D eigenvalue weighted by molar-refractivity contribution is 7.19. The predicted octanol–water partition coefficient (Wildman–Crippen LogP) is 5.35. The van der Waals surface area contributed by atoms with Gasteiger partial charge in [-0.05, 0) is 19.1 Å². The van der Waals surface area contributed by atoms with Gasteiger partial charge in [-0.25, -0.2) is 4.98 Å². The molecule has 2 aromatic heterocycles. The zero-order valence-electron chi connectivity index (χ0n) is 13.2. The molecule has 0 fully saturated rings. The van der Waals surface area contributed by atoms with E-state index in [4.69, 9.17) is 23.2 Å². The molecule has 0 atom stereocenters. The summed E-state index contributed by atoms with van der Waals surface area (Å²) in [5, 5.41) is 1.18. The molecule has 0 saturated carbocycles. The van der Waals surface area contributed by atoms with Crippen molar-refractivity contribution in [2.45, 2.75) is 19.7 Å². The predicted molar refractivity (Wildman–Crippen MR) is 96.1 cm³/mol. The summed E-state index contributed by atoms with van der Waals surface area (Å²) in [6.45, 7) is -0.0472. The monoisotopic (exact) mass is 422 g/mol. The van der Waals surface area contributed by atoms with E-state index in [0.29, 0.717) is 31.4 Å². The highest BCUT2D eigenvalue weighted by Gasteiger charge is 2.27. The topological polar surface area (TPSA) is 55.0 Å². The number of alkyl halides is 3. The minimum absolute atomic E-state index is 0.0294.